The van der Waals surface area contributed by atoms with Gasteiger partial charge < -0.3 is 10.6 Å². The molecule has 0 aliphatic carbocycles. The molecule has 1 aromatic heterocycles. The number of piperidine rings is 1. The Labute approximate surface area is 179 Å². The van der Waals surface area contributed by atoms with E-state index in [-0.39, 0.29) is 36.7 Å². The lowest BCUT2D eigenvalue weighted by Gasteiger charge is -2.33. The van der Waals surface area contributed by atoms with Crippen LogP contribution in [0.1, 0.15) is 23.5 Å². The molecule has 1 aliphatic heterocycles. The number of benzene rings is 2. The van der Waals surface area contributed by atoms with Gasteiger partial charge in [0.2, 0.25) is 5.91 Å². The van der Waals surface area contributed by atoms with Crippen LogP contribution in [0.5, 0.6) is 0 Å². The predicted octanol–water partition coefficient (Wildman–Crippen LogP) is 3.38. The van der Waals surface area contributed by atoms with Crippen LogP contribution in [0.4, 0.5) is 8.78 Å². The highest BCUT2D eigenvalue weighted by Crippen LogP contribution is 2.27. The third kappa shape index (κ3) is 5.04. The zero-order chi connectivity index (χ0) is 20.2. The Morgan fingerprint density at radius 1 is 1.17 bits per heavy atom. The number of carbonyl (C=O) groups excluding carboxylic acids is 1. The second-order valence-corrected chi connectivity index (χ2v) is 7.24. The summed E-state index contributed by atoms with van der Waals surface area (Å²) in [4.78, 5) is 12.6. The van der Waals surface area contributed by atoms with Gasteiger partial charge in [0, 0.05) is 30.9 Å². The topological polar surface area (TPSA) is 59.0 Å². The van der Waals surface area contributed by atoms with Gasteiger partial charge in [0.05, 0.1) is 12.1 Å². The first kappa shape index (κ1) is 21.9. The first-order valence-corrected chi connectivity index (χ1v) is 9.64. The van der Waals surface area contributed by atoms with Crippen molar-refractivity contribution in [2.24, 2.45) is 0 Å². The first-order valence-electron chi connectivity index (χ1n) is 9.64. The van der Waals surface area contributed by atoms with E-state index in [1.54, 1.807) is 16.9 Å². The number of rotatable bonds is 5. The van der Waals surface area contributed by atoms with Gasteiger partial charge in [0.25, 0.3) is 0 Å². The summed E-state index contributed by atoms with van der Waals surface area (Å²) in [5, 5.41) is 10.5. The second-order valence-electron chi connectivity index (χ2n) is 7.24. The van der Waals surface area contributed by atoms with E-state index >= 15 is 0 Å². The Balaban J connectivity index is 0.00000256. The number of hydrogen-bond acceptors (Lipinski definition) is 3. The van der Waals surface area contributed by atoms with Crippen molar-refractivity contribution in [3.63, 3.8) is 0 Å². The molecule has 0 bridgehead atoms. The van der Waals surface area contributed by atoms with Gasteiger partial charge in [-0.1, -0.05) is 18.2 Å². The van der Waals surface area contributed by atoms with Gasteiger partial charge in [-0.3, -0.25) is 4.79 Å². The van der Waals surface area contributed by atoms with Crippen LogP contribution in [0.3, 0.4) is 0 Å². The summed E-state index contributed by atoms with van der Waals surface area (Å²) in [6, 6.07) is 13.3. The maximum atomic E-state index is 13.7. The standard InChI is InChI=1S/C22H22F2N4O.ClH/c23-19-7-4-16(13-20(19)24)18-8-10-25-14-21(18)27-22(29)12-15-2-5-17(6-3-15)28-11-1-9-26-28;/h1-7,9,11,13,18,21,25H,8,10,12,14H2,(H,27,29);1H. The van der Waals surface area contributed by atoms with E-state index in [1.807, 2.05) is 36.5 Å². The molecule has 1 fully saturated rings. The Kier molecular flexibility index (Phi) is 7.18. The van der Waals surface area contributed by atoms with E-state index in [0.29, 0.717) is 12.1 Å². The number of carbonyl (C=O) groups is 1. The molecule has 158 valence electrons. The molecular weight excluding hydrogens is 410 g/mol. The first-order chi connectivity index (χ1) is 14.1. The van der Waals surface area contributed by atoms with E-state index < -0.39 is 11.6 Å². The van der Waals surface area contributed by atoms with E-state index in [9.17, 15) is 13.6 Å². The van der Waals surface area contributed by atoms with Crippen LogP contribution < -0.4 is 10.6 Å². The largest absolute Gasteiger partial charge is 0.351 e. The maximum Gasteiger partial charge on any atom is 0.224 e. The molecule has 0 radical (unpaired) electrons. The van der Waals surface area contributed by atoms with Crippen molar-refractivity contribution in [3.8, 4) is 5.69 Å². The van der Waals surface area contributed by atoms with E-state index in [4.69, 9.17) is 0 Å². The second kappa shape index (κ2) is 9.82. The molecule has 2 N–H and O–H groups in total. The fourth-order valence-corrected chi connectivity index (χ4v) is 3.78. The average Bonchev–Trinajstić information content (AvgIpc) is 3.26. The average molecular weight is 433 g/mol. The summed E-state index contributed by atoms with van der Waals surface area (Å²) in [7, 11) is 0. The lowest BCUT2D eigenvalue weighted by molar-refractivity contribution is -0.121. The van der Waals surface area contributed by atoms with Gasteiger partial charge >= 0.3 is 0 Å². The number of hydrogen-bond donors (Lipinski definition) is 2. The van der Waals surface area contributed by atoms with Crippen molar-refractivity contribution >= 4 is 18.3 Å². The predicted molar refractivity (Wildman–Crippen MR) is 113 cm³/mol. The van der Waals surface area contributed by atoms with Gasteiger partial charge in [-0.2, -0.15) is 5.10 Å². The summed E-state index contributed by atoms with van der Waals surface area (Å²) in [6.45, 7) is 1.36. The Morgan fingerprint density at radius 3 is 2.67 bits per heavy atom. The summed E-state index contributed by atoms with van der Waals surface area (Å²) in [5.41, 5.74) is 2.53. The van der Waals surface area contributed by atoms with E-state index in [0.717, 1.165) is 30.3 Å². The highest BCUT2D eigenvalue weighted by Gasteiger charge is 2.28. The number of nitrogens with one attached hydrogen (secondary N) is 2. The molecule has 5 nitrogen and oxygen atoms in total. The van der Waals surface area contributed by atoms with E-state index in [1.165, 1.54) is 6.07 Å². The van der Waals surface area contributed by atoms with Crippen molar-refractivity contribution in [1.82, 2.24) is 20.4 Å². The highest BCUT2D eigenvalue weighted by atomic mass is 35.5. The zero-order valence-electron chi connectivity index (χ0n) is 16.2. The van der Waals surface area contributed by atoms with Crippen LogP contribution in [-0.2, 0) is 11.2 Å². The van der Waals surface area contributed by atoms with Crippen molar-refractivity contribution in [2.75, 3.05) is 13.1 Å². The smallest absolute Gasteiger partial charge is 0.224 e. The molecule has 30 heavy (non-hydrogen) atoms. The van der Waals surface area contributed by atoms with Crippen molar-refractivity contribution in [3.05, 3.63) is 83.7 Å². The highest BCUT2D eigenvalue weighted by molar-refractivity contribution is 5.85. The third-order valence-corrected chi connectivity index (χ3v) is 5.27. The monoisotopic (exact) mass is 432 g/mol. The van der Waals surface area contributed by atoms with E-state index in [2.05, 4.69) is 15.7 Å². The number of halogens is 3. The molecule has 1 amide bonds. The lowest BCUT2D eigenvalue weighted by atomic mass is 9.86. The zero-order valence-corrected chi connectivity index (χ0v) is 17.0. The van der Waals surface area contributed by atoms with Crippen LogP contribution in [0.25, 0.3) is 5.69 Å². The fraction of sp³-hybridized carbons (Fsp3) is 0.273. The molecule has 0 spiro atoms. The summed E-state index contributed by atoms with van der Waals surface area (Å²) >= 11 is 0. The van der Waals surface area contributed by atoms with Gasteiger partial charge in [0.1, 0.15) is 0 Å². The van der Waals surface area contributed by atoms with Crippen molar-refractivity contribution in [2.45, 2.75) is 24.8 Å². The Hall–Kier alpha value is -2.77. The number of nitrogens with zero attached hydrogens (tertiary/aromatic N) is 2. The molecule has 4 rings (SSSR count). The molecule has 1 saturated heterocycles. The molecule has 2 heterocycles. The summed E-state index contributed by atoms with van der Waals surface area (Å²) in [6.07, 6.45) is 4.56. The van der Waals surface area contributed by atoms with Crippen LogP contribution in [-0.4, -0.2) is 34.8 Å². The SMILES string of the molecule is Cl.O=C(Cc1ccc(-n2cccn2)cc1)NC1CNCCC1c1ccc(F)c(F)c1. The molecular formula is C22H23ClF2N4O. The normalized spacial score (nSPS) is 18.5. The third-order valence-electron chi connectivity index (χ3n) is 5.27. The minimum absolute atomic E-state index is 0. The van der Waals surface area contributed by atoms with Gasteiger partial charge in [0.15, 0.2) is 11.6 Å². The van der Waals surface area contributed by atoms with Crippen molar-refractivity contribution < 1.29 is 13.6 Å². The maximum absolute atomic E-state index is 13.7. The quantitative estimate of drug-likeness (QED) is 0.650. The molecule has 1 aliphatic rings. The van der Waals surface area contributed by atoms with Crippen LogP contribution in [0, 0.1) is 11.6 Å². The molecule has 2 aromatic carbocycles. The minimum Gasteiger partial charge on any atom is -0.351 e. The summed E-state index contributed by atoms with van der Waals surface area (Å²) < 4.78 is 28.7. The molecule has 2 unspecified atom stereocenters. The fourth-order valence-electron chi connectivity index (χ4n) is 3.78. The van der Waals surface area contributed by atoms with Crippen LogP contribution in [0.15, 0.2) is 60.9 Å². The van der Waals surface area contributed by atoms with Crippen LogP contribution >= 0.6 is 12.4 Å². The van der Waals surface area contributed by atoms with Gasteiger partial charge in [-0.15, -0.1) is 12.4 Å². The van der Waals surface area contributed by atoms with Gasteiger partial charge in [-0.25, -0.2) is 13.5 Å². The van der Waals surface area contributed by atoms with Gasteiger partial charge in [-0.05, 0) is 54.4 Å². The molecule has 8 heteroatoms. The molecule has 3 aromatic rings. The Morgan fingerprint density at radius 2 is 1.97 bits per heavy atom. The summed E-state index contributed by atoms with van der Waals surface area (Å²) in [5.74, 6) is -1.87. The van der Waals surface area contributed by atoms with Crippen LogP contribution in [0.2, 0.25) is 0 Å². The van der Waals surface area contributed by atoms with Crippen molar-refractivity contribution in [1.29, 1.82) is 0 Å². The Bertz CT molecular complexity index is 979. The number of amides is 1. The minimum atomic E-state index is -0.859. The molecule has 0 saturated carbocycles. The molecule has 2 atom stereocenters. The number of aromatic nitrogens is 2. The lowest BCUT2D eigenvalue weighted by Crippen LogP contribution is -2.50.